The number of amides is 1. The molecule has 1 saturated heterocycles. The largest absolute Gasteiger partial charge is 0.497 e. The zero-order valence-electron chi connectivity index (χ0n) is 15.1. The molecule has 1 aromatic carbocycles. The Morgan fingerprint density at radius 3 is 2.54 bits per heavy atom. The van der Waals surface area contributed by atoms with Crippen LogP contribution in [-0.4, -0.2) is 63.8 Å². The predicted molar refractivity (Wildman–Crippen MR) is 99.5 cm³/mol. The lowest BCUT2D eigenvalue weighted by Gasteiger charge is -2.35. The number of rotatable bonds is 5. The van der Waals surface area contributed by atoms with E-state index < -0.39 is 0 Å². The van der Waals surface area contributed by atoms with E-state index in [1.54, 1.807) is 7.11 Å². The van der Waals surface area contributed by atoms with E-state index >= 15 is 0 Å². The van der Waals surface area contributed by atoms with Crippen LogP contribution >= 0.6 is 11.8 Å². The number of carbonyl (C=O) groups is 1. The standard InChI is InChI=1S/C17H23N5O3S/c1-11-8-21(9-12(2)25-11)15(23)10-26-17-20-19-16(22(17)18)13-4-6-14(24-3)7-5-13/h4-7,11-12H,8-10,18H2,1-3H3. The monoisotopic (exact) mass is 377 g/mol. The molecule has 0 spiro atoms. The Kier molecular flexibility index (Phi) is 5.67. The van der Waals surface area contributed by atoms with Gasteiger partial charge in [-0.3, -0.25) is 4.79 Å². The molecule has 0 bridgehead atoms. The van der Waals surface area contributed by atoms with Gasteiger partial charge in [-0.05, 0) is 38.1 Å². The smallest absolute Gasteiger partial charge is 0.233 e. The number of hydrogen-bond acceptors (Lipinski definition) is 7. The first-order valence-electron chi connectivity index (χ1n) is 8.39. The van der Waals surface area contributed by atoms with Crippen molar-refractivity contribution in [1.29, 1.82) is 0 Å². The summed E-state index contributed by atoms with van der Waals surface area (Å²) in [6.07, 6.45) is 0.0973. The van der Waals surface area contributed by atoms with E-state index in [-0.39, 0.29) is 23.9 Å². The van der Waals surface area contributed by atoms with Crippen LogP contribution in [0.25, 0.3) is 11.4 Å². The topological polar surface area (TPSA) is 95.5 Å². The zero-order valence-corrected chi connectivity index (χ0v) is 15.9. The maximum Gasteiger partial charge on any atom is 0.233 e. The summed E-state index contributed by atoms with van der Waals surface area (Å²) in [6, 6.07) is 7.40. The number of carbonyl (C=O) groups excluding carboxylic acids is 1. The van der Waals surface area contributed by atoms with Crippen molar-refractivity contribution < 1.29 is 14.3 Å². The van der Waals surface area contributed by atoms with Crippen molar-refractivity contribution in [3.05, 3.63) is 24.3 Å². The number of aromatic nitrogens is 3. The van der Waals surface area contributed by atoms with Crippen LogP contribution < -0.4 is 10.6 Å². The minimum atomic E-state index is 0.0472. The molecule has 2 atom stereocenters. The van der Waals surface area contributed by atoms with E-state index in [0.717, 1.165) is 11.3 Å². The fraction of sp³-hybridized carbons (Fsp3) is 0.471. The maximum atomic E-state index is 12.5. The average molecular weight is 377 g/mol. The first-order valence-corrected chi connectivity index (χ1v) is 9.37. The van der Waals surface area contributed by atoms with E-state index in [9.17, 15) is 4.79 Å². The third-order valence-corrected chi connectivity index (χ3v) is 5.04. The van der Waals surface area contributed by atoms with Gasteiger partial charge in [0.2, 0.25) is 11.1 Å². The summed E-state index contributed by atoms with van der Waals surface area (Å²) >= 11 is 1.28. The number of ether oxygens (including phenoxy) is 2. The lowest BCUT2D eigenvalue weighted by atomic mass is 10.2. The van der Waals surface area contributed by atoms with E-state index in [1.165, 1.54) is 16.4 Å². The fourth-order valence-corrected chi connectivity index (χ4v) is 3.67. The first kappa shape index (κ1) is 18.5. The molecule has 8 nitrogen and oxygen atoms in total. The Morgan fingerprint density at radius 2 is 1.92 bits per heavy atom. The molecule has 1 aliphatic heterocycles. The molecular weight excluding hydrogens is 354 g/mol. The minimum absolute atomic E-state index is 0.0472. The second-order valence-electron chi connectivity index (χ2n) is 6.25. The van der Waals surface area contributed by atoms with Crippen molar-refractivity contribution in [2.75, 3.05) is 31.8 Å². The molecule has 1 aliphatic rings. The highest BCUT2D eigenvalue weighted by Crippen LogP contribution is 2.24. The van der Waals surface area contributed by atoms with Crippen LogP contribution in [0.3, 0.4) is 0 Å². The van der Waals surface area contributed by atoms with Crippen molar-refractivity contribution in [3.8, 4) is 17.1 Å². The Morgan fingerprint density at radius 1 is 1.27 bits per heavy atom. The summed E-state index contributed by atoms with van der Waals surface area (Å²) in [7, 11) is 1.61. The Bertz CT molecular complexity index is 754. The van der Waals surface area contributed by atoms with Crippen molar-refractivity contribution in [2.45, 2.75) is 31.2 Å². The number of morpholine rings is 1. The van der Waals surface area contributed by atoms with E-state index in [1.807, 2.05) is 43.0 Å². The molecule has 2 aromatic rings. The van der Waals surface area contributed by atoms with Crippen molar-refractivity contribution in [1.82, 2.24) is 19.8 Å². The average Bonchev–Trinajstić information content (AvgIpc) is 2.99. The number of nitrogens with zero attached hydrogens (tertiary/aromatic N) is 4. The number of nitrogen functional groups attached to an aromatic ring is 1. The molecule has 0 saturated carbocycles. The number of methoxy groups -OCH3 is 1. The van der Waals surface area contributed by atoms with Gasteiger partial charge in [-0.15, -0.1) is 10.2 Å². The van der Waals surface area contributed by atoms with Gasteiger partial charge in [0.15, 0.2) is 5.82 Å². The van der Waals surface area contributed by atoms with Gasteiger partial charge in [0.25, 0.3) is 0 Å². The normalized spacial score (nSPS) is 20.2. The molecule has 1 fully saturated rings. The number of thioether (sulfide) groups is 1. The highest BCUT2D eigenvalue weighted by Gasteiger charge is 2.26. The molecule has 0 radical (unpaired) electrons. The second-order valence-corrected chi connectivity index (χ2v) is 7.19. The van der Waals surface area contributed by atoms with E-state index in [4.69, 9.17) is 15.3 Å². The lowest BCUT2D eigenvalue weighted by Crippen LogP contribution is -2.48. The van der Waals surface area contributed by atoms with Crippen molar-refractivity contribution >= 4 is 17.7 Å². The third kappa shape index (κ3) is 4.10. The van der Waals surface area contributed by atoms with Crippen molar-refractivity contribution in [2.24, 2.45) is 0 Å². The molecule has 1 amide bonds. The van der Waals surface area contributed by atoms with Gasteiger partial charge in [-0.25, -0.2) is 4.68 Å². The maximum absolute atomic E-state index is 12.5. The lowest BCUT2D eigenvalue weighted by molar-refractivity contribution is -0.140. The van der Waals surface area contributed by atoms with Crippen molar-refractivity contribution in [3.63, 3.8) is 0 Å². The van der Waals surface area contributed by atoms with Gasteiger partial charge in [0.05, 0.1) is 25.1 Å². The summed E-state index contributed by atoms with van der Waals surface area (Å²) in [6.45, 7) is 5.16. The first-order chi connectivity index (χ1) is 12.5. The molecule has 26 heavy (non-hydrogen) atoms. The molecule has 2 N–H and O–H groups in total. The Labute approximate surface area is 156 Å². The van der Waals surface area contributed by atoms with Crippen LogP contribution in [0, 0.1) is 0 Å². The minimum Gasteiger partial charge on any atom is -0.497 e. The summed E-state index contributed by atoms with van der Waals surface area (Å²) in [5.41, 5.74) is 0.829. The van der Waals surface area contributed by atoms with Crippen LogP contribution in [-0.2, 0) is 9.53 Å². The van der Waals surface area contributed by atoms with Gasteiger partial charge in [-0.1, -0.05) is 11.8 Å². The summed E-state index contributed by atoms with van der Waals surface area (Å²) in [5, 5.41) is 8.74. The van der Waals surface area contributed by atoms with Gasteiger partial charge in [-0.2, -0.15) is 0 Å². The van der Waals surface area contributed by atoms with Crippen LogP contribution in [0.15, 0.2) is 29.4 Å². The molecule has 3 rings (SSSR count). The molecule has 1 aromatic heterocycles. The van der Waals surface area contributed by atoms with E-state index in [2.05, 4.69) is 10.2 Å². The Hall–Kier alpha value is -2.26. The second kappa shape index (κ2) is 7.96. The third-order valence-electron chi connectivity index (χ3n) is 4.11. The van der Waals surface area contributed by atoms with Crippen LogP contribution in [0.5, 0.6) is 5.75 Å². The molecule has 2 heterocycles. The van der Waals surface area contributed by atoms with Gasteiger partial charge in [0, 0.05) is 18.7 Å². The zero-order chi connectivity index (χ0) is 18.7. The van der Waals surface area contributed by atoms with Gasteiger partial charge < -0.3 is 20.2 Å². The molecule has 2 unspecified atom stereocenters. The quantitative estimate of drug-likeness (QED) is 0.621. The van der Waals surface area contributed by atoms with Crippen LogP contribution in [0.2, 0.25) is 0 Å². The summed E-state index contributed by atoms with van der Waals surface area (Å²) < 4.78 is 12.2. The van der Waals surface area contributed by atoms with Crippen LogP contribution in [0.1, 0.15) is 13.8 Å². The number of benzene rings is 1. The fourth-order valence-electron chi connectivity index (χ4n) is 2.91. The van der Waals surface area contributed by atoms with E-state index in [0.29, 0.717) is 24.1 Å². The highest BCUT2D eigenvalue weighted by molar-refractivity contribution is 7.99. The molecule has 140 valence electrons. The molecule has 0 aliphatic carbocycles. The molecular formula is C17H23N5O3S. The van der Waals surface area contributed by atoms with Gasteiger partial charge >= 0.3 is 0 Å². The number of nitrogens with two attached hydrogens (primary N) is 1. The predicted octanol–water partition coefficient (Wildman–Crippen LogP) is 1.40. The SMILES string of the molecule is COc1ccc(-c2nnc(SCC(=O)N3CC(C)OC(C)C3)n2N)cc1. The molecule has 9 heteroatoms. The summed E-state index contributed by atoms with van der Waals surface area (Å²) in [5.74, 6) is 7.71. The van der Waals surface area contributed by atoms with Crippen LogP contribution in [0.4, 0.5) is 0 Å². The summed E-state index contributed by atoms with van der Waals surface area (Å²) in [4.78, 5) is 14.3. The van der Waals surface area contributed by atoms with Gasteiger partial charge in [0.1, 0.15) is 5.75 Å². The highest BCUT2D eigenvalue weighted by atomic mass is 32.2. The Balaban J connectivity index is 1.63. The number of hydrogen-bond donors (Lipinski definition) is 1.